The number of hydrogen-bond acceptors (Lipinski definition) is 3. The van der Waals surface area contributed by atoms with Gasteiger partial charge in [-0.25, -0.2) is 0 Å². The molecule has 3 aromatic rings. The van der Waals surface area contributed by atoms with Gasteiger partial charge in [-0.3, -0.25) is 4.74 Å². The second-order valence-corrected chi connectivity index (χ2v) is 11.6. The molecular formula is C25H26N2O3P. The Labute approximate surface area is 183 Å². The lowest BCUT2D eigenvalue weighted by atomic mass is 9.84. The van der Waals surface area contributed by atoms with Crippen LogP contribution in [0.2, 0.25) is 0 Å². The van der Waals surface area contributed by atoms with Crippen molar-refractivity contribution in [3.63, 3.8) is 0 Å². The molecule has 0 atom stereocenters. The van der Waals surface area contributed by atoms with Gasteiger partial charge in [0.1, 0.15) is 5.54 Å². The molecule has 4 rings (SSSR count). The number of amidine groups is 1. The molecule has 0 spiro atoms. The summed E-state index contributed by atoms with van der Waals surface area (Å²) in [7, 11) is -3.10. The second kappa shape index (κ2) is 7.37. The highest BCUT2D eigenvalue weighted by molar-refractivity contribution is 7.85. The Balaban J connectivity index is 1.83. The third kappa shape index (κ3) is 3.12. The topological polar surface area (TPSA) is 66.3 Å². The maximum atomic E-state index is 14.4. The smallest absolute Gasteiger partial charge is 0.316 e. The first-order valence-electron chi connectivity index (χ1n) is 10.3. The van der Waals surface area contributed by atoms with E-state index in [2.05, 4.69) is 0 Å². The minimum absolute atomic E-state index is 0.0794. The van der Waals surface area contributed by atoms with Crippen molar-refractivity contribution in [3.05, 3.63) is 95.7 Å². The molecule has 5 nitrogen and oxygen atoms in total. The Hall–Kier alpha value is -2.88. The molecule has 1 heterocycles. The summed E-state index contributed by atoms with van der Waals surface area (Å²) < 4.78 is 15.2. The van der Waals surface area contributed by atoms with Crippen LogP contribution >= 0.6 is 7.14 Å². The van der Waals surface area contributed by atoms with Gasteiger partial charge in [-0.1, -0.05) is 65.7 Å². The van der Waals surface area contributed by atoms with E-state index in [4.69, 9.17) is 0 Å². The Morgan fingerprint density at radius 1 is 0.742 bits per heavy atom. The van der Waals surface area contributed by atoms with E-state index in [1.54, 1.807) is 52.0 Å². The minimum atomic E-state index is -3.10. The highest BCUT2D eigenvalue weighted by atomic mass is 31.2. The first kappa shape index (κ1) is 21.4. The van der Waals surface area contributed by atoms with Crippen molar-refractivity contribution < 1.29 is 14.5 Å². The molecule has 31 heavy (non-hydrogen) atoms. The van der Waals surface area contributed by atoms with Gasteiger partial charge in [0.2, 0.25) is 0 Å². The van der Waals surface area contributed by atoms with E-state index in [0.29, 0.717) is 10.9 Å². The molecule has 0 bridgehead atoms. The van der Waals surface area contributed by atoms with Gasteiger partial charge in [0, 0.05) is 21.1 Å². The molecule has 0 unspecified atom stereocenters. The van der Waals surface area contributed by atoms with Crippen LogP contribution in [0.15, 0.2) is 84.9 Å². The standard InChI is InChI=1S/C25H26N2O3P/c1-24(2)25(3,4)27(29)23(26(24)28)19-15-17-22(18-16-19)31(30,20-11-7-5-8-12-20)21-13-9-6-10-14-21/h5-18H,1-4H3. The van der Waals surface area contributed by atoms with Crippen molar-refractivity contribution in [2.75, 3.05) is 0 Å². The highest BCUT2D eigenvalue weighted by Gasteiger charge is 2.59. The van der Waals surface area contributed by atoms with Crippen molar-refractivity contribution in [1.82, 2.24) is 5.06 Å². The first-order chi connectivity index (χ1) is 14.6. The first-order valence-corrected chi connectivity index (χ1v) is 12.0. The lowest BCUT2D eigenvalue weighted by Gasteiger charge is -2.32. The zero-order valence-corrected chi connectivity index (χ0v) is 19.0. The molecular weight excluding hydrogens is 407 g/mol. The van der Waals surface area contributed by atoms with E-state index >= 15 is 0 Å². The van der Waals surface area contributed by atoms with Crippen molar-refractivity contribution in [2.45, 2.75) is 38.8 Å². The summed E-state index contributed by atoms with van der Waals surface area (Å²) in [5, 5.41) is 28.8. The monoisotopic (exact) mass is 433 g/mol. The van der Waals surface area contributed by atoms with Crippen molar-refractivity contribution in [1.29, 1.82) is 0 Å². The van der Waals surface area contributed by atoms with Crippen molar-refractivity contribution in [2.24, 2.45) is 0 Å². The maximum absolute atomic E-state index is 14.4. The molecule has 3 aromatic carbocycles. The molecule has 1 radical (unpaired) electrons. The van der Waals surface area contributed by atoms with Gasteiger partial charge in [-0.2, -0.15) is 0 Å². The number of hydrogen-bond donors (Lipinski definition) is 0. The number of hydroxylamine groups is 3. The summed E-state index contributed by atoms with van der Waals surface area (Å²) >= 11 is 0. The van der Waals surface area contributed by atoms with Crippen LogP contribution in [-0.2, 0) is 9.77 Å². The van der Waals surface area contributed by atoms with Gasteiger partial charge in [-0.05, 0) is 52.0 Å². The SMILES string of the molecule is CC1(C)N([O])C(c2ccc(P(=O)(c3ccccc3)c3ccccc3)cc2)=[N+]([O-])C1(C)C. The van der Waals surface area contributed by atoms with Crippen LogP contribution in [0.1, 0.15) is 33.3 Å². The summed E-state index contributed by atoms with van der Waals surface area (Å²) in [5.41, 5.74) is -1.25. The molecule has 0 N–H and O–H groups in total. The van der Waals surface area contributed by atoms with Crippen LogP contribution < -0.4 is 15.9 Å². The number of rotatable bonds is 4. The van der Waals surface area contributed by atoms with Crippen LogP contribution in [0.3, 0.4) is 0 Å². The fraction of sp³-hybridized carbons (Fsp3) is 0.240. The molecule has 0 saturated heterocycles. The molecule has 159 valence electrons. The molecule has 0 amide bonds. The fourth-order valence-corrected chi connectivity index (χ4v) is 6.53. The van der Waals surface area contributed by atoms with Gasteiger partial charge in [-0.15, -0.1) is 0 Å². The largest absolute Gasteiger partial charge is 0.714 e. The molecule has 1 aliphatic heterocycles. The molecule has 0 fully saturated rings. The second-order valence-electron chi connectivity index (χ2n) is 8.86. The summed E-state index contributed by atoms with van der Waals surface area (Å²) in [6.07, 6.45) is 0. The molecule has 0 saturated carbocycles. The van der Waals surface area contributed by atoms with E-state index in [9.17, 15) is 15.0 Å². The van der Waals surface area contributed by atoms with Crippen molar-refractivity contribution in [3.8, 4) is 0 Å². The van der Waals surface area contributed by atoms with Crippen LogP contribution in [0, 0.1) is 5.21 Å². The minimum Gasteiger partial charge on any atom is -0.714 e. The normalized spacial score (nSPS) is 17.8. The predicted octanol–water partition coefficient (Wildman–Crippen LogP) is 3.80. The average molecular weight is 433 g/mol. The molecule has 0 aromatic heterocycles. The lowest BCUT2D eigenvalue weighted by Crippen LogP contribution is -2.53. The van der Waals surface area contributed by atoms with E-state index in [0.717, 1.165) is 20.4 Å². The third-order valence-electron chi connectivity index (χ3n) is 6.63. The molecule has 1 aliphatic rings. The van der Waals surface area contributed by atoms with E-state index in [1.165, 1.54) is 0 Å². The zero-order valence-electron chi connectivity index (χ0n) is 18.1. The van der Waals surface area contributed by atoms with Crippen LogP contribution in [0.4, 0.5) is 0 Å². The Bertz CT molecular complexity index is 1130. The number of nitrogens with zero attached hydrogens (tertiary/aromatic N) is 2. The van der Waals surface area contributed by atoms with Crippen LogP contribution in [-0.4, -0.2) is 26.7 Å². The van der Waals surface area contributed by atoms with Gasteiger partial charge in [0.05, 0.1) is 5.56 Å². The van der Waals surface area contributed by atoms with Gasteiger partial charge in [0.25, 0.3) is 0 Å². The zero-order chi connectivity index (χ0) is 22.4. The summed E-state index contributed by atoms with van der Waals surface area (Å²) in [6, 6.07) is 25.8. The maximum Gasteiger partial charge on any atom is 0.316 e. The fourth-order valence-electron chi connectivity index (χ4n) is 3.89. The summed E-state index contributed by atoms with van der Waals surface area (Å²) in [4.78, 5) is 0. The Morgan fingerprint density at radius 3 is 1.55 bits per heavy atom. The van der Waals surface area contributed by atoms with Gasteiger partial charge < -0.3 is 9.77 Å². The van der Waals surface area contributed by atoms with Crippen molar-refractivity contribution >= 4 is 28.9 Å². The van der Waals surface area contributed by atoms with Gasteiger partial charge >= 0.3 is 5.84 Å². The van der Waals surface area contributed by atoms with Gasteiger partial charge in [0.15, 0.2) is 12.7 Å². The predicted molar refractivity (Wildman–Crippen MR) is 124 cm³/mol. The number of benzene rings is 3. The molecule has 0 aliphatic carbocycles. The van der Waals surface area contributed by atoms with Crippen LogP contribution in [0.25, 0.3) is 0 Å². The highest BCUT2D eigenvalue weighted by Crippen LogP contribution is 2.42. The van der Waals surface area contributed by atoms with E-state index in [1.807, 2.05) is 60.7 Å². The molecule has 6 heteroatoms. The Kier molecular flexibility index (Phi) is 5.07. The Morgan fingerprint density at radius 2 is 1.16 bits per heavy atom. The summed E-state index contributed by atoms with van der Waals surface area (Å²) in [6.45, 7) is 7.08. The van der Waals surface area contributed by atoms with E-state index < -0.39 is 18.2 Å². The van der Waals surface area contributed by atoms with E-state index in [-0.39, 0.29) is 5.84 Å². The quantitative estimate of drug-likeness (QED) is 0.357. The third-order valence-corrected chi connectivity index (χ3v) is 9.70. The lowest BCUT2D eigenvalue weighted by molar-refractivity contribution is -0.539. The summed E-state index contributed by atoms with van der Waals surface area (Å²) in [5.74, 6) is 0.0794. The average Bonchev–Trinajstić information content (AvgIpc) is 2.91. The van der Waals surface area contributed by atoms with Crippen LogP contribution in [0.5, 0.6) is 0 Å².